The first-order valence-corrected chi connectivity index (χ1v) is 5.64. The van der Waals surface area contributed by atoms with Crippen LogP contribution in [-0.4, -0.2) is 12.4 Å². The van der Waals surface area contributed by atoms with E-state index >= 15 is 0 Å². The zero-order valence-corrected chi connectivity index (χ0v) is 10.5. The highest BCUT2D eigenvalue weighted by atomic mass is 79.9. The van der Waals surface area contributed by atoms with Crippen molar-refractivity contribution in [3.63, 3.8) is 0 Å². The Morgan fingerprint density at radius 3 is 2.40 bits per heavy atom. The van der Waals surface area contributed by atoms with Crippen molar-refractivity contribution in [2.75, 3.05) is 12.4 Å². The lowest BCUT2D eigenvalue weighted by molar-refractivity contribution is 0.368. The summed E-state index contributed by atoms with van der Waals surface area (Å²) in [5.74, 6) is -1.14. The van der Waals surface area contributed by atoms with Gasteiger partial charge in [-0.3, -0.25) is 0 Å². The summed E-state index contributed by atoms with van der Waals surface area (Å²) >= 11 is 3.32. The summed E-state index contributed by atoms with van der Waals surface area (Å²) in [6.07, 6.45) is 0. The van der Waals surface area contributed by atoms with Crippen LogP contribution in [-0.2, 0) is 5.41 Å². The SMILES string of the molecule is COc1c(F)cc(F)cc1C(C)(C)CBr. The molecular formula is C11H13BrF2O. The van der Waals surface area contributed by atoms with E-state index in [0.29, 0.717) is 10.9 Å². The van der Waals surface area contributed by atoms with E-state index in [1.807, 2.05) is 13.8 Å². The average Bonchev–Trinajstić information content (AvgIpc) is 2.16. The first-order chi connectivity index (χ1) is 6.92. The molecule has 0 amide bonds. The zero-order chi connectivity index (χ0) is 11.6. The molecule has 0 saturated heterocycles. The maximum absolute atomic E-state index is 13.4. The second-order valence-electron chi connectivity index (χ2n) is 3.99. The van der Waals surface area contributed by atoms with Crippen molar-refractivity contribution in [1.29, 1.82) is 0 Å². The summed E-state index contributed by atoms with van der Waals surface area (Å²) < 4.78 is 31.5. The molecule has 0 N–H and O–H groups in total. The molecule has 0 heterocycles. The lowest BCUT2D eigenvalue weighted by atomic mass is 9.86. The largest absolute Gasteiger partial charge is 0.493 e. The third-order valence-electron chi connectivity index (χ3n) is 2.28. The van der Waals surface area contributed by atoms with Gasteiger partial charge in [0.15, 0.2) is 11.6 Å². The molecule has 1 nitrogen and oxygen atoms in total. The predicted molar refractivity (Wildman–Crippen MR) is 59.7 cm³/mol. The van der Waals surface area contributed by atoms with Gasteiger partial charge in [-0.25, -0.2) is 8.78 Å². The summed E-state index contributed by atoms with van der Waals surface area (Å²) in [7, 11) is 1.38. The lowest BCUT2D eigenvalue weighted by Crippen LogP contribution is -2.20. The third kappa shape index (κ3) is 2.48. The second-order valence-corrected chi connectivity index (χ2v) is 4.55. The molecule has 0 aliphatic heterocycles. The van der Waals surface area contributed by atoms with Crippen molar-refractivity contribution >= 4 is 15.9 Å². The molecule has 1 rings (SSSR count). The molecule has 0 saturated carbocycles. The molecule has 0 aromatic heterocycles. The van der Waals surface area contributed by atoms with Gasteiger partial charge in [-0.05, 0) is 6.07 Å². The van der Waals surface area contributed by atoms with Gasteiger partial charge < -0.3 is 4.74 Å². The van der Waals surface area contributed by atoms with Crippen molar-refractivity contribution in [1.82, 2.24) is 0 Å². The van der Waals surface area contributed by atoms with Gasteiger partial charge in [0.1, 0.15) is 5.82 Å². The van der Waals surface area contributed by atoms with Crippen LogP contribution in [0.2, 0.25) is 0 Å². The molecule has 15 heavy (non-hydrogen) atoms. The van der Waals surface area contributed by atoms with Crippen molar-refractivity contribution in [3.8, 4) is 5.75 Å². The third-order valence-corrected chi connectivity index (χ3v) is 3.68. The molecule has 1 aromatic carbocycles. The van der Waals surface area contributed by atoms with Crippen LogP contribution in [0.3, 0.4) is 0 Å². The van der Waals surface area contributed by atoms with Crippen LogP contribution in [0.4, 0.5) is 8.78 Å². The molecule has 0 aliphatic carbocycles. The zero-order valence-electron chi connectivity index (χ0n) is 8.90. The van der Waals surface area contributed by atoms with Crippen molar-refractivity contribution in [3.05, 3.63) is 29.3 Å². The first kappa shape index (κ1) is 12.4. The molecule has 0 spiro atoms. The maximum Gasteiger partial charge on any atom is 0.168 e. The van der Waals surface area contributed by atoms with Gasteiger partial charge in [0.05, 0.1) is 7.11 Å². The Labute approximate surface area is 96.6 Å². The predicted octanol–water partition coefficient (Wildman–Crippen LogP) is 3.65. The highest BCUT2D eigenvalue weighted by Gasteiger charge is 2.26. The Hall–Kier alpha value is -0.640. The van der Waals surface area contributed by atoms with Gasteiger partial charge >= 0.3 is 0 Å². The number of hydrogen-bond donors (Lipinski definition) is 0. The maximum atomic E-state index is 13.4. The number of benzene rings is 1. The van der Waals surface area contributed by atoms with E-state index in [9.17, 15) is 8.78 Å². The van der Waals surface area contributed by atoms with Crippen LogP contribution in [0.1, 0.15) is 19.4 Å². The topological polar surface area (TPSA) is 9.23 Å². The van der Waals surface area contributed by atoms with Crippen LogP contribution in [0, 0.1) is 11.6 Å². The fraction of sp³-hybridized carbons (Fsp3) is 0.455. The molecule has 1 aromatic rings. The molecule has 0 aliphatic rings. The van der Waals surface area contributed by atoms with Crippen molar-refractivity contribution < 1.29 is 13.5 Å². The number of ether oxygens (including phenoxy) is 1. The van der Waals surface area contributed by atoms with E-state index in [1.54, 1.807) is 0 Å². The number of alkyl halides is 1. The fourth-order valence-corrected chi connectivity index (χ4v) is 1.64. The summed E-state index contributed by atoms with van der Waals surface area (Å²) in [4.78, 5) is 0. The molecule has 0 fully saturated rings. The number of hydrogen-bond acceptors (Lipinski definition) is 1. The van der Waals surface area contributed by atoms with Crippen molar-refractivity contribution in [2.45, 2.75) is 19.3 Å². The van der Waals surface area contributed by atoms with E-state index in [0.717, 1.165) is 6.07 Å². The van der Waals surface area contributed by atoms with Gasteiger partial charge in [-0.2, -0.15) is 0 Å². The van der Waals surface area contributed by atoms with E-state index in [1.165, 1.54) is 13.2 Å². The second kappa shape index (κ2) is 4.47. The van der Waals surface area contributed by atoms with E-state index in [-0.39, 0.29) is 11.2 Å². The Kier molecular flexibility index (Phi) is 3.71. The lowest BCUT2D eigenvalue weighted by Gasteiger charge is -2.24. The molecule has 0 radical (unpaired) electrons. The molecule has 0 unspecified atom stereocenters. The molecule has 4 heteroatoms. The Balaban J connectivity index is 3.39. The van der Waals surface area contributed by atoms with Crippen LogP contribution in [0.5, 0.6) is 5.75 Å². The van der Waals surface area contributed by atoms with Gasteiger partial charge in [-0.15, -0.1) is 0 Å². The minimum Gasteiger partial charge on any atom is -0.493 e. The highest BCUT2D eigenvalue weighted by molar-refractivity contribution is 9.09. The highest BCUT2D eigenvalue weighted by Crippen LogP contribution is 2.35. The normalized spacial score (nSPS) is 11.6. The van der Waals surface area contributed by atoms with E-state index in [4.69, 9.17) is 4.74 Å². The minimum atomic E-state index is -0.665. The average molecular weight is 279 g/mol. The van der Waals surface area contributed by atoms with Gasteiger partial charge in [-0.1, -0.05) is 29.8 Å². The van der Waals surface area contributed by atoms with Crippen LogP contribution in [0.15, 0.2) is 12.1 Å². The molecule has 0 atom stereocenters. The smallest absolute Gasteiger partial charge is 0.168 e. The molecule has 84 valence electrons. The Morgan fingerprint density at radius 2 is 1.93 bits per heavy atom. The summed E-state index contributed by atoms with van der Waals surface area (Å²) in [5.41, 5.74) is 0.147. The van der Waals surface area contributed by atoms with Gasteiger partial charge in [0.25, 0.3) is 0 Å². The Morgan fingerprint density at radius 1 is 1.33 bits per heavy atom. The minimum absolute atomic E-state index is 0.112. The Bertz CT molecular complexity index is 364. The summed E-state index contributed by atoms with van der Waals surface area (Å²) in [6.45, 7) is 3.77. The summed E-state index contributed by atoms with van der Waals surface area (Å²) in [6, 6.07) is 2.13. The van der Waals surface area contributed by atoms with Crippen molar-refractivity contribution in [2.24, 2.45) is 0 Å². The van der Waals surface area contributed by atoms with Crippen LogP contribution < -0.4 is 4.74 Å². The summed E-state index contributed by atoms with van der Waals surface area (Å²) in [5, 5.41) is 0.596. The standard InChI is InChI=1S/C11H13BrF2O/c1-11(2,6-12)8-4-7(13)5-9(14)10(8)15-3/h4-5H,6H2,1-3H3. The quantitative estimate of drug-likeness (QED) is 0.767. The van der Waals surface area contributed by atoms with Gasteiger partial charge in [0.2, 0.25) is 0 Å². The monoisotopic (exact) mass is 278 g/mol. The van der Waals surface area contributed by atoms with Crippen LogP contribution in [0.25, 0.3) is 0 Å². The number of methoxy groups -OCH3 is 1. The molecule has 0 bridgehead atoms. The van der Waals surface area contributed by atoms with Crippen LogP contribution >= 0.6 is 15.9 Å². The number of rotatable bonds is 3. The fourth-order valence-electron chi connectivity index (χ4n) is 1.34. The number of halogens is 3. The van der Waals surface area contributed by atoms with Gasteiger partial charge in [0, 0.05) is 22.4 Å². The molecular weight excluding hydrogens is 266 g/mol. The first-order valence-electron chi connectivity index (χ1n) is 4.52. The van der Waals surface area contributed by atoms with E-state index in [2.05, 4.69) is 15.9 Å². The van der Waals surface area contributed by atoms with E-state index < -0.39 is 11.6 Å².